The smallest absolute Gasteiger partial charge is 0.257 e. The molecule has 0 bridgehead atoms. The molecule has 2 aliphatic heterocycles. The predicted molar refractivity (Wildman–Crippen MR) is 87.1 cm³/mol. The Hall–Kier alpha value is -1.53. The Balaban J connectivity index is 1.71. The largest absolute Gasteiger partial charge is 0.390 e. The minimum Gasteiger partial charge on any atom is -0.390 e. The number of β-amino-alcohol motifs (C(OH)–C–C–N with tert-alkyl or cyclic N) is 1. The molecule has 3 heterocycles. The van der Waals surface area contributed by atoms with Gasteiger partial charge in [0.1, 0.15) is 6.33 Å². The Bertz CT molecular complexity index is 545. The van der Waals surface area contributed by atoms with Crippen LogP contribution in [0.4, 0.5) is 0 Å². The number of aliphatic hydroxyl groups is 1. The molecule has 1 N–H and O–H groups in total. The van der Waals surface area contributed by atoms with Gasteiger partial charge in [-0.1, -0.05) is 19.8 Å². The summed E-state index contributed by atoms with van der Waals surface area (Å²) in [5.74, 6) is -0.0485. The third-order valence-electron chi connectivity index (χ3n) is 4.92. The summed E-state index contributed by atoms with van der Waals surface area (Å²) in [5, 5.41) is 10.4. The number of aromatic nitrogens is 2. The van der Waals surface area contributed by atoms with Gasteiger partial charge in [0.15, 0.2) is 0 Å². The fourth-order valence-corrected chi connectivity index (χ4v) is 3.68. The van der Waals surface area contributed by atoms with Crippen molar-refractivity contribution in [3.63, 3.8) is 0 Å². The first-order valence-electron chi connectivity index (χ1n) is 8.71. The molecule has 6 nitrogen and oxygen atoms in total. The first-order valence-corrected chi connectivity index (χ1v) is 8.71. The average Bonchev–Trinajstić information content (AvgIpc) is 2.98. The predicted octanol–water partition coefficient (Wildman–Crippen LogP) is 1.10. The molecular formula is C17H26N4O2. The summed E-state index contributed by atoms with van der Waals surface area (Å²) in [4.78, 5) is 25.2. The molecule has 0 radical (unpaired) electrons. The molecule has 1 aromatic heterocycles. The first-order chi connectivity index (χ1) is 11.2. The quantitative estimate of drug-likeness (QED) is 0.900. The number of likely N-dealkylation sites (tertiary alicyclic amines) is 2. The van der Waals surface area contributed by atoms with Crippen LogP contribution in [0.3, 0.4) is 0 Å². The maximum Gasteiger partial charge on any atom is 0.257 e. The van der Waals surface area contributed by atoms with E-state index in [9.17, 15) is 9.90 Å². The molecule has 2 unspecified atom stereocenters. The van der Waals surface area contributed by atoms with Crippen molar-refractivity contribution in [1.29, 1.82) is 0 Å². The number of rotatable bonds is 4. The van der Waals surface area contributed by atoms with Crippen LogP contribution in [0.2, 0.25) is 0 Å². The maximum absolute atomic E-state index is 12.8. The number of carbonyl (C=O) groups is 1. The molecule has 2 aliphatic rings. The van der Waals surface area contributed by atoms with E-state index in [0.717, 1.165) is 31.6 Å². The van der Waals surface area contributed by atoms with Crippen molar-refractivity contribution < 1.29 is 9.90 Å². The second kappa shape index (κ2) is 7.36. The lowest BCUT2D eigenvalue weighted by molar-refractivity contribution is 0.0702. The van der Waals surface area contributed by atoms with E-state index in [1.54, 1.807) is 11.1 Å². The number of hydrogen-bond donors (Lipinski definition) is 1. The lowest BCUT2D eigenvalue weighted by atomic mass is 10.1. The molecule has 0 saturated carbocycles. The van der Waals surface area contributed by atoms with E-state index in [1.807, 2.05) is 0 Å². The fourth-order valence-electron chi connectivity index (χ4n) is 3.68. The lowest BCUT2D eigenvalue weighted by Gasteiger charge is -2.33. The molecule has 3 rings (SSSR count). The number of aryl methyl sites for hydroxylation is 1. The second-order valence-electron chi connectivity index (χ2n) is 6.57. The zero-order valence-corrected chi connectivity index (χ0v) is 13.8. The van der Waals surface area contributed by atoms with E-state index in [2.05, 4.69) is 21.8 Å². The van der Waals surface area contributed by atoms with Gasteiger partial charge < -0.3 is 10.0 Å². The van der Waals surface area contributed by atoms with Gasteiger partial charge in [0.25, 0.3) is 5.91 Å². The minimum absolute atomic E-state index is 0.0485. The van der Waals surface area contributed by atoms with E-state index in [4.69, 9.17) is 0 Å². The summed E-state index contributed by atoms with van der Waals surface area (Å²) in [5.41, 5.74) is 1.39. The van der Waals surface area contributed by atoms with Crippen LogP contribution in [-0.4, -0.2) is 69.1 Å². The monoisotopic (exact) mass is 318 g/mol. The Morgan fingerprint density at radius 2 is 2.09 bits per heavy atom. The van der Waals surface area contributed by atoms with Crippen molar-refractivity contribution in [2.45, 2.75) is 51.2 Å². The molecule has 0 spiro atoms. The van der Waals surface area contributed by atoms with Crippen molar-refractivity contribution in [2.24, 2.45) is 0 Å². The van der Waals surface area contributed by atoms with Crippen LogP contribution in [-0.2, 0) is 6.42 Å². The summed E-state index contributed by atoms with van der Waals surface area (Å²) in [6, 6.07) is 0.0681. The van der Waals surface area contributed by atoms with Crippen molar-refractivity contribution in [2.75, 3.05) is 26.2 Å². The Labute approximate surface area is 137 Å². The van der Waals surface area contributed by atoms with Gasteiger partial charge in [0.05, 0.1) is 23.4 Å². The highest BCUT2D eigenvalue weighted by atomic mass is 16.3. The zero-order chi connectivity index (χ0) is 16.2. The number of aliphatic hydroxyl groups excluding tert-OH is 1. The van der Waals surface area contributed by atoms with Crippen LogP contribution >= 0.6 is 0 Å². The second-order valence-corrected chi connectivity index (χ2v) is 6.57. The Kier molecular flexibility index (Phi) is 5.23. The molecule has 126 valence electrons. The summed E-state index contributed by atoms with van der Waals surface area (Å²) in [6.45, 7) is 5.13. The Morgan fingerprint density at radius 3 is 2.83 bits per heavy atom. The highest BCUT2D eigenvalue weighted by molar-refractivity contribution is 5.95. The first kappa shape index (κ1) is 16.3. The SMILES string of the molecule is CCCc1ncncc1C(=O)N1CC(O)C(N2CCCCC2)C1. The number of nitrogens with zero attached hydrogens (tertiary/aromatic N) is 4. The van der Waals surface area contributed by atoms with Gasteiger partial charge in [-0.15, -0.1) is 0 Å². The van der Waals surface area contributed by atoms with E-state index in [-0.39, 0.29) is 11.9 Å². The molecule has 2 saturated heterocycles. The molecular weight excluding hydrogens is 292 g/mol. The molecule has 0 aromatic carbocycles. The summed E-state index contributed by atoms with van der Waals surface area (Å²) in [7, 11) is 0. The Morgan fingerprint density at radius 1 is 1.30 bits per heavy atom. The molecule has 1 aromatic rings. The number of carbonyl (C=O) groups excluding carboxylic acids is 1. The number of hydrogen-bond acceptors (Lipinski definition) is 5. The van der Waals surface area contributed by atoms with Crippen molar-refractivity contribution in [1.82, 2.24) is 19.8 Å². The molecule has 23 heavy (non-hydrogen) atoms. The third kappa shape index (κ3) is 3.53. The zero-order valence-electron chi connectivity index (χ0n) is 13.8. The third-order valence-corrected chi connectivity index (χ3v) is 4.92. The standard InChI is InChI=1S/C17H26N4O2/c1-2-6-14-13(9-18-12-19-14)17(23)21-10-15(16(22)11-21)20-7-4-3-5-8-20/h9,12,15-16,22H,2-8,10-11H2,1H3. The van der Waals surface area contributed by atoms with Crippen molar-refractivity contribution >= 4 is 5.91 Å². The highest BCUT2D eigenvalue weighted by Crippen LogP contribution is 2.22. The molecule has 2 atom stereocenters. The van der Waals surface area contributed by atoms with Gasteiger partial charge >= 0.3 is 0 Å². The average molecular weight is 318 g/mol. The van der Waals surface area contributed by atoms with Gasteiger partial charge in [-0.2, -0.15) is 0 Å². The number of amides is 1. The number of piperidine rings is 1. The lowest BCUT2D eigenvalue weighted by Crippen LogP contribution is -2.46. The normalized spacial score (nSPS) is 25.7. The van der Waals surface area contributed by atoms with Crippen LogP contribution in [0.5, 0.6) is 0 Å². The summed E-state index contributed by atoms with van der Waals surface area (Å²) >= 11 is 0. The molecule has 0 aliphatic carbocycles. The minimum atomic E-state index is -0.462. The molecule has 1 amide bonds. The molecule has 2 fully saturated rings. The van der Waals surface area contributed by atoms with Gasteiger partial charge in [-0.3, -0.25) is 9.69 Å². The van der Waals surface area contributed by atoms with Gasteiger partial charge in [0, 0.05) is 19.3 Å². The van der Waals surface area contributed by atoms with E-state index in [1.165, 1.54) is 25.6 Å². The summed E-state index contributed by atoms with van der Waals surface area (Å²) < 4.78 is 0. The van der Waals surface area contributed by atoms with Crippen LogP contribution in [0, 0.1) is 0 Å². The van der Waals surface area contributed by atoms with Crippen molar-refractivity contribution in [3.8, 4) is 0 Å². The van der Waals surface area contributed by atoms with E-state index in [0.29, 0.717) is 18.7 Å². The van der Waals surface area contributed by atoms with Gasteiger partial charge in [-0.05, 0) is 32.4 Å². The van der Waals surface area contributed by atoms with Gasteiger partial charge in [0.2, 0.25) is 0 Å². The van der Waals surface area contributed by atoms with Crippen LogP contribution in [0.1, 0.15) is 48.7 Å². The van der Waals surface area contributed by atoms with E-state index < -0.39 is 6.10 Å². The van der Waals surface area contributed by atoms with Crippen molar-refractivity contribution in [3.05, 3.63) is 23.8 Å². The fraction of sp³-hybridized carbons (Fsp3) is 0.706. The van der Waals surface area contributed by atoms with Crippen LogP contribution < -0.4 is 0 Å². The topological polar surface area (TPSA) is 69.6 Å². The summed E-state index contributed by atoms with van der Waals surface area (Å²) in [6.07, 6.45) is 8.00. The van der Waals surface area contributed by atoms with E-state index >= 15 is 0 Å². The van der Waals surface area contributed by atoms with Crippen LogP contribution in [0.15, 0.2) is 12.5 Å². The highest BCUT2D eigenvalue weighted by Gasteiger charge is 2.38. The maximum atomic E-state index is 12.8. The molecule has 6 heteroatoms. The van der Waals surface area contributed by atoms with Gasteiger partial charge in [-0.25, -0.2) is 9.97 Å². The van der Waals surface area contributed by atoms with Crippen LogP contribution in [0.25, 0.3) is 0 Å².